The summed E-state index contributed by atoms with van der Waals surface area (Å²) in [6.07, 6.45) is 0. The first-order chi connectivity index (χ1) is 9.65. The van der Waals surface area contributed by atoms with E-state index in [1.165, 1.54) is 4.88 Å². The molecule has 0 saturated heterocycles. The second-order valence-corrected chi connectivity index (χ2v) is 5.35. The van der Waals surface area contributed by atoms with Gasteiger partial charge in [0.1, 0.15) is 0 Å². The summed E-state index contributed by atoms with van der Waals surface area (Å²) >= 11 is 1.67. The van der Waals surface area contributed by atoms with E-state index in [0.29, 0.717) is 6.61 Å². The SMILES string of the molecule is CCOc1ccc(NC(C)c2scnc2C)cc1OC. The summed E-state index contributed by atoms with van der Waals surface area (Å²) in [5.74, 6) is 1.51. The van der Waals surface area contributed by atoms with Crippen LogP contribution in [-0.4, -0.2) is 18.7 Å². The molecule has 108 valence electrons. The number of hydrogen-bond donors (Lipinski definition) is 1. The van der Waals surface area contributed by atoms with E-state index in [1.807, 2.05) is 37.6 Å². The summed E-state index contributed by atoms with van der Waals surface area (Å²) in [6, 6.07) is 6.10. The van der Waals surface area contributed by atoms with E-state index >= 15 is 0 Å². The number of aryl methyl sites for hydroxylation is 1. The Kier molecular flexibility index (Phi) is 4.84. The zero-order chi connectivity index (χ0) is 14.5. The lowest BCUT2D eigenvalue weighted by atomic mass is 10.2. The molecule has 1 aromatic heterocycles. The number of methoxy groups -OCH3 is 1. The van der Waals surface area contributed by atoms with Crippen molar-refractivity contribution >= 4 is 17.0 Å². The summed E-state index contributed by atoms with van der Waals surface area (Å²) < 4.78 is 10.9. The summed E-state index contributed by atoms with van der Waals surface area (Å²) in [5.41, 5.74) is 3.96. The third kappa shape index (κ3) is 3.22. The average Bonchev–Trinajstić information content (AvgIpc) is 2.87. The number of nitrogens with one attached hydrogen (secondary N) is 1. The Morgan fingerprint density at radius 1 is 1.35 bits per heavy atom. The van der Waals surface area contributed by atoms with Crippen molar-refractivity contribution in [2.75, 3.05) is 19.0 Å². The molecule has 2 aromatic rings. The quantitative estimate of drug-likeness (QED) is 0.873. The van der Waals surface area contributed by atoms with Crippen LogP contribution in [0.15, 0.2) is 23.7 Å². The first-order valence-corrected chi connectivity index (χ1v) is 7.51. The van der Waals surface area contributed by atoms with Crippen LogP contribution in [0.1, 0.15) is 30.5 Å². The summed E-state index contributed by atoms with van der Waals surface area (Å²) in [7, 11) is 1.65. The van der Waals surface area contributed by atoms with Crippen LogP contribution >= 0.6 is 11.3 Å². The normalized spacial score (nSPS) is 12.0. The van der Waals surface area contributed by atoms with Crippen LogP contribution in [0.5, 0.6) is 11.5 Å². The molecule has 1 aromatic carbocycles. The fourth-order valence-corrected chi connectivity index (χ4v) is 2.88. The van der Waals surface area contributed by atoms with Crippen molar-refractivity contribution in [2.24, 2.45) is 0 Å². The molecule has 0 radical (unpaired) electrons. The minimum Gasteiger partial charge on any atom is -0.493 e. The summed E-state index contributed by atoms with van der Waals surface area (Å²) in [5, 5.41) is 3.46. The molecule has 1 unspecified atom stereocenters. The molecule has 0 amide bonds. The lowest BCUT2D eigenvalue weighted by molar-refractivity contribution is 0.311. The van der Waals surface area contributed by atoms with Gasteiger partial charge in [0.05, 0.1) is 31.0 Å². The Morgan fingerprint density at radius 2 is 2.15 bits per heavy atom. The largest absolute Gasteiger partial charge is 0.493 e. The molecule has 0 aliphatic carbocycles. The molecule has 1 heterocycles. The zero-order valence-corrected chi connectivity index (χ0v) is 13.1. The summed E-state index contributed by atoms with van der Waals surface area (Å²) in [4.78, 5) is 5.53. The van der Waals surface area contributed by atoms with Gasteiger partial charge in [-0.05, 0) is 32.9 Å². The highest BCUT2D eigenvalue weighted by molar-refractivity contribution is 7.09. The second kappa shape index (κ2) is 6.61. The fourth-order valence-electron chi connectivity index (χ4n) is 2.07. The zero-order valence-electron chi connectivity index (χ0n) is 12.3. The van der Waals surface area contributed by atoms with Crippen molar-refractivity contribution in [1.29, 1.82) is 0 Å². The van der Waals surface area contributed by atoms with Gasteiger partial charge in [0.15, 0.2) is 11.5 Å². The van der Waals surface area contributed by atoms with Crippen molar-refractivity contribution in [3.63, 3.8) is 0 Å². The maximum atomic E-state index is 5.52. The fraction of sp³-hybridized carbons (Fsp3) is 0.400. The van der Waals surface area contributed by atoms with Crippen LogP contribution < -0.4 is 14.8 Å². The van der Waals surface area contributed by atoms with Gasteiger partial charge in [0.2, 0.25) is 0 Å². The Bertz CT molecular complexity index is 569. The van der Waals surface area contributed by atoms with Crippen molar-refractivity contribution in [3.05, 3.63) is 34.3 Å². The molecule has 5 heteroatoms. The lowest BCUT2D eigenvalue weighted by Gasteiger charge is -2.16. The van der Waals surface area contributed by atoms with Crippen LogP contribution in [0.2, 0.25) is 0 Å². The van der Waals surface area contributed by atoms with E-state index in [2.05, 4.69) is 17.2 Å². The molecule has 2 rings (SSSR count). The molecule has 0 aliphatic rings. The van der Waals surface area contributed by atoms with Crippen molar-refractivity contribution < 1.29 is 9.47 Å². The molecular weight excluding hydrogens is 272 g/mol. The predicted octanol–water partition coefficient (Wildman–Crippen LogP) is 4.03. The van der Waals surface area contributed by atoms with Gasteiger partial charge in [-0.2, -0.15) is 0 Å². The highest BCUT2D eigenvalue weighted by atomic mass is 32.1. The van der Waals surface area contributed by atoms with Crippen LogP contribution in [0, 0.1) is 6.92 Å². The predicted molar refractivity (Wildman–Crippen MR) is 83.1 cm³/mol. The first kappa shape index (κ1) is 14.7. The van der Waals surface area contributed by atoms with Gasteiger partial charge in [-0.1, -0.05) is 0 Å². The molecule has 0 bridgehead atoms. The van der Waals surface area contributed by atoms with Crippen LogP contribution in [0.4, 0.5) is 5.69 Å². The Labute approximate surface area is 123 Å². The number of rotatable bonds is 6. The first-order valence-electron chi connectivity index (χ1n) is 6.63. The van der Waals surface area contributed by atoms with Gasteiger partial charge in [-0.25, -0.2) is 4.98 Å². The Balaban J connectivity index is 2.15. The van der Waals surface area contributed by atoms with E-state index in [-0.39, 0.29) is 6.04 Å². The molecule has 0 fully saturated rings. The highest BCUT2D eigenvalue weighted by Gasteiger charge is 2.12. The maximum Gasteiger partial charge on any atom is 0.162 e. The second-order valence-electron chi connectivity index (χ2n) is 4.47. The number of benzene rings is 1. The van der Waals surface area contributed by atoms with E-state index in [0.717, 1.165) is 22.9 Å². The third-order valence-electron chi connectivity index (χ3n) is 3.02. The van der Waals surface area contributed by atoms with E-state index in [1.54, 1.807) is 18.4 Å². The van der Waals surface area contributed by atoms with Gasteiger partial charge in [-0.3, -0.25) is 0 Å². The number of ether oxygens (including phenoxy) is 2. The average molecular weight is 292 g/mol. The minimum atomic E-state index is 0.213. The summed E-state index contributed by atoms with van der Waals surface area (Å²) in [6.45, 7) is 6.74. The van der Waals surface area contributed by atoms with Crippen molar-refractivity contribution in [2.45, 2.75) is 26.8 Å². The molecule has 4 nitrogen and oxygen atoms in total. The minimum absolute atomic E-state index is 0.213. The van der Waals surface area contributed by atoms with Gasteiger partial charge >= 0.3 is 0 Å². The molecule has 0 spiro atoms. The molecule has 0 saturated carbocycles. The number of nitrogens with zero attached hydrogens (tertiary/aromatic N) is 1. The molecule has 0 aliphatic heterocycles. The Hall–Kier alpha value is -1.75. The van der Waals surface area contributed by atoms with Crippen LogP contribution in [0.3, 0.4) is 0 Å². The van der Waals surface area contributed by atoms with Crippen molar-refractivity contribution in [3.8, 4) is 11.5 Å². The van der Waals surface area contributed by atoms with E-state index in [4.69, 9.17) is 9.47 Å². The third-order valence-corrected chi connectivity index (χ3v) is 4.14. The standard InChI is InChI=1S/C15H20N2O2S/c1-5-19-13-7-6-12(8-14(13)18-4)17-11(3)15-10(2)16-9-20-15/h6-9,11,17H,5H2,1-4H3. The monoisotopic (exact) mass is 292 g/mol. The number of hydrogen-bond acceptors (Lipinski definition) is 5. The topological polar surface area (TPSA) is 43.4 Å². The molecular formula is C15H20N2O2S. The number of anilines is 1. The number of thiazole rings is 1. The van der Waals surface area contributed by atoms with Crippen LogP contribution in [-0.2, 0) is 0 Å². The van der Waals surface area contributed by atoms with Gasteiger partial charge in [0.25, 0.3) is 0 Å². The molecule has 1 atom stereocenters. The van der Waals surface area contributed by atoms with E-state index in [9.17, 15) is 0 Å². The lowest BCUT2D eigenvalue weighted by Crippen LogP contribution is -2.06. The maximum absolute atomic E-state index is 5.52. The number of aromatic nitrogens is 1. The molecule has 1 N–H and O–H groups in total. The highest BCUT2D eigenvalue weighted by Crippen LogP contribution is 2.32. The van der Waals surface area contributed by atoms with Gasteiger partial charge in [0, 0.05) is 16.6 Å². The van der Waals surface area contributed by atoms with Crippen LogP contribution in [0.25, 0.3) is 0 Å². The van der Waals surface area contributed by atoms with Gasteiger partial charge in [-0.15, -0.1) is 11.3 Å². The van der Waals surface area contributed by atoms with E-state index < -0.39 is 0 Å². The molecule has 20 heavy (non-hydrogen) atoms. The van der Waals surface area contributed by atoms with Crippen molar-refractivity contribution in [1.82, 2.24) is 4.98 Å². The smallest absolute Gasteiger partial charge is 0.162 e. The van der Waals surface area contributed by atoms with Gasteiger partial charge < -0.3 is 14.8 Å². The Morgan fingerprint density at radius 3 is 2.75 bits per heavy atom.